The van der Waals surface area contributed by atoms with Crippen molar-refractivity contribution >= 4 is 27.8 Å². The van der Waals surface area contributed by atoms with Gasteiger partial charge in [0, 0.05) is 22.3 Å². The Morgan fingerprint density at radius 2 is 2.10 bits per heavy atom. The van der Waals surface area contributed by atoms with E-state index in [0.717, 1.165) is 18.1 Å². The van der Waals surface area contributed by atoms with Crippen molar-refractivity contribution in [1.29, 1.82) is 0 Å². The molecule has 0 saturated heterocycles. The van der Waals surface area contributed by atoms with Crippen molar-refractivity contribution in [3.05, 3.63) is 33.0 Å². The fourth-order valence-corrected chi connectivity index (χ4v) is 4.13. The molecule has 1 atom stereocenters. The Kier molecular flexibility index (Phi) is 5.79. The van der Waals surface area contributed by atoms with Crippen molar-refractivity contribution in [3.8, 4) is 0 Å². The van der Waals surface area contributed by atoms with Crippen LogP contribution < -0.4 is 10.6 Å². The number of anilines is 1. The smallest absolute Gasteiger partial charge is 0.186 e. The maximum atomic E-state index is 5.92. The van der Waals surface area contributed by atoms with Gasteiger partial charge in [-0.1, -0.05) is 19.9 Å². The number of nitrogens with two attached hydrogens (primary N) is 1. The maximum absolute atomic E-state index is 5.92. The van der Waals surface area contributed by atoms with Gasteiger partial charge in [0.05, 0.1) is 12.2 Å². The average Bonchev–Trinajstić information content (AvgIpc) is 3.12. The molecule has 0 spiro atoms. The molecule has 3 nitrogen and oxygen atoms in total. The van der Waals surface area contributed by atoms with Crippen LogP contribution in [0.4, 0.5) is 5.13 Å². The number of hydrogen-bond donors (Lipinski definition) is 1. The van der Waals surface area contributed by atoms with E-state index in [4.69, 9.17) is 10.7 Å². The standard InChI is InChI=1S/C16H25N3S2/c1-5-12(4)15-14(9-17)21-16(18-15)19(11(2)3)10-13-7-6-8-20-13/h6-8,11-12H,5,9-10,17H2,1-4H3. The highest BCUT2D eigenvalue weighted by Crippen LogP contribution is 2.33. The second kappa shape index (κ2) is 7.38. The lowest BCUT2D eigenvalue weighted by Crippen LogP contribution is -2.29. The molecule has 0 amide bonds. The quantitative estimate of drug-likeness (QED) is 0.810. The predicted molar refractivity (Wildman–Crippen MR) is 94.3 cm³/mol. The molecule has 116 valence electrons. The first-order valence-electron chi connectivity index (χ1n) is 7.55. The minimum atomic E-state index is 0.425. The van der Waals surface area contributed by atoms with Crippen LogP contribution in [0.3, 0.4) is 0 Å². The zero-order valence-corrected chi connectivity index (χ0v) is 14.9. The van der Waals surface area contributed by atoms with Crippen LogP contribution in [-0.4, -0.2) is 11.0 Å². The zero-order valence-electron chi connectivity index (χ0n) is 13.3. The Hall–Kier alpha value is -0.910. The van der Waals surface area contributed by atoms with Crippen LogP contribution in [0, 0.1) is 0 Å². The molecule has 5 heteroatoms. The number of hydrogen-bond acceptors (Lipinski definition) is 5. The molecule has 0 aromatic carbocycles. The fourth-order valence-electron chi connectivity index (χ4n) is 2.24. The van der Waals surface area contributed by atoms with Gasteiger partial charge in [-0.2, -0.15) is 0 Å². The van der Waals surface area contributed by atoms with Crippen molar-refractivity contribution in [2.75, 3.05) is 4.90 Å². The molecule has 2 N–H and O–H groups in total. The molecule has 2 rings (SSSR count). The van der Waals surface area contributed by atoms with Crippen LogP contribution in [0.25, 0.3) is 0 Å². The van der Waals surface area contributed by atoms with Crippen LogP contribution >= 0.6 is 22.7 Å². The lowest BCUT2D eigenvalue weighted by Gasteiger charge is -2.25. The van der Waals surface area contributed by atoms with Crippen molar-refractivity contribution in [2.24, 2.45) is 5.73 Å². The normalized spacial score (nSPS) is 12.9. The Morgan fingerprint density at radius 1 is 1.33 bits per heavy atom. The molecule has 2 heterocycles. The third-order valence-corrected chi connectivity index (χ3v) is 5.75. The van der Waals surface area contributed by atoms with Gasteiger partial charge in [-0.15, -0.1) is 22.7 Å². The Labute approximate surface area is 135 Å². The maximum Gasteiger partial charge on any atom is 0.186 e. The van der Waals surface area contributed by atoms with Crippen molar-refractivity contribution < 1.29 is 0 Å². The zero-order chi connectivity index (χ0) is 15.4. The molecule has 0 fully saturated rings. The molecule has 0 radical (unpaired) electrons. The average molecular weight is 324 g/mol. The van der Waals surface area contributed by atoms with E-state index in [1.807, 2.05) is 0 Å². The van der Waals surface area contributed by atoms with E-state index in [9.17, 15) is 0 Å². The molecule has 21 heavy (non-hydrogen) atoms. The van der Waals surface area contributed by atoms with Crippen LogP contribution in [0.2, 0.25) is 0 Å². The van der Waals surface area contributed by atoms with Gasteiger partial charge in [-0.3, -0.25) is 0 Å². The van der Waals surface area contributed by atoms with Crippen LogP contribution in [0.1, 0.15) is 55.5 Å². The monoisotopic (exact) mass is 323 g/mol. The van der Waals surface area contributed by atoms with Crippen molar-refractivity contribution in [3.63, 3.8) is 0 Å². The molecular formula is C16H25N3S2. The molecule has 1 unspecified atom stereocenters. The second-order valence-corrected chi connectivity index (χ2v) is 7.71. The second-order valence-electron chi connectivity index (χ2n) is 5.62. The van der Waals surface area contributed by atoms with Crippen LogP contribution in [0.5, 0.6) is 0 Å². The fraction of sp³-hybridized carbons (Fsp3) is 0.562. The lowest BCUT2D eigenvalue weighted by molar-refractivity contribution is 0.670. The molecule has 0 saturated carbocycles. The van der Waals surface area contributed by atoms with Gasteiger partial charge < -0.3 is 10.6 Å². The first-order valence-corrected chi connectivity index (χ1v) is 9.25. The molecule has 0 bridgehead atoms. The Morgan fingerprint density at radius 3 is 2.62 bits per heavy atom. The van der Waals surface area contributed by atoms with Gasteiger partial charge >= 0.3 is 0 Å². The summed E-state index contributed by atoms with van der Waals surface area (Å²) in [6, 6.07) is 4.72. The highest BCUT2D eigenvalue weighted by molar-refractivity contribution is 7.15. The van der Waals surface area contributed by atoms with E-state index < -0.39 is 0 Å². The summed E-state index contributed by atoms with van der Waals surface area (Å²) in [4.78, 5) is 9.91. The highest BCUT2D eigenvalue weighted by Gasteiger charge is 2.20. The largest absolute Gasteiger partial charge is 0.341 e. The van der Waals surface area contributed by atoms with E-state index >= 15 is 0 Å². The summed E-state index contributed by atoms with van der Waals surface area (Å²) in [5, 5.41) is 3.24. The molecule has 2 aromatic rings. The van der Waals surface area contributed by atoms with Crippen LogP contribution in [-0.2, 0) is 13.1 Å². The first-order chi connectivity index (χ1) is 10.1. The van der Waals surface area contributed by atoms with Gasteiger partial charge in [-0.05, 0) is 37.6 Å². The molecule has 0 aliphatic carbocycles. The van der Waals surface area contributed by atoms with Gasteiger partial charge in [0.1, 0.15) is 0 Å². The van der Waals surface area contributed by atoms with Crippen molar-refractivity contribution in [2.45, 2.75) is 59.2 Å². The Bertz CT molecular complexity index is 546. The topological polar surface area (TPSA) is 42.2 Å². The van der Waals surface area contributed by atoms with E-state index in [-0.39, 0.29) is 0 Å². The SMILES string of the molecule is CCC(C)c1nc(N(Cc2cccs2)C(C)C)sc1CN. The highest BCUT2D eigenvalue weighted by atomic mass is 32.1. The number of thiophene rings is 1. The summed E-state index contributed by atoms with van der Waals surface area (Å²) in [5.41, 5.74) is 7.11. The predicted octanol–water partition coefficient (Wildman–Crippen LogP) is 4.59. The summed E-state index contributed by atoms with van der Waals surface area (Å²) < 4.78 is 0. The van der Waals surface area contributed by atoms with Gasteiger partial charge in [0.2, 0.25) is 0 Å². The van der Waals surface area contributed by atoms with Gasteiger partial charge in [0.15, 0.2) is 5.13 Å². The number of aromatic nitrogens is 1. The summed E-state index contributed by atoms with van der Waals surface area (Å²) in [6.07, 6.45) is 1.10. The van der Waals surface area contributed by atoms with Gasteiger partial charge in [0.25, 0.3) is 0 Å². The van der Waals surface area contributed by atoms with Crippen LogP contribution in [0.15, 0.2) is 17.5 Å². The van der Waals surface area contributed by atoms with E-state index in [0.29, 0.717) is 18.5 Å². The molecular weight excluding hydrogens is 298 g/mol. The number of thiazole rings is 1. The summed E-state index contributed by atoms with van der Waals surface area (Å²) in [7, 11) is 0. The van der Waals surface area contributed by atoms with E-state index in [2.05, 4.69) is 50.1 Å². The van der Waals surface area contributed by atoms with Gasteiger partial charge in [-0.25, -0.2) is 4.98 Å². The van der Waals surface area contributed by atoms with E-state index in [1.165, 1.54) is 15.4 Å². The number of nitrogens with zero attached hydrogens (tertiary/aromatic N) is 2. The van der Waals surface area contributed by atoms with Crippen molar-refractivity contribution in [1.82, 2.24) is 4.98 Å². The third kappa shape index (κ3) is 3.84. The Balaban J connectivity index is 2.30. The summed E-state index contributed by atoms with van der Waals surface area (Å²) in [5.74, 6) is 0.476. The lowest BCUT2D eigenvalue weighted by atomic mass is 10.0. The molecule has 0 aliphatic rings. The minimum absolute atomic E-state index is 0.425. The molecule has 0 aliphatic heterocycles. The molecule has 2 aromatic heterocycles. The first kappa shape index (κ1) is 16.5. The number of rotatable bonds is 7. The van der Waals surface area contributed by atoms with E-state index in [1.54, 1.807) is 22.7 Å². The summed E-state index contributed by atoms with van der Waals surface area (Å²) in [6.45, 7) is 10.4. The third-order valence-electron chi connectivity index (χ3n) is 3.76. The minimum Gasteiger partial charge on any atom is -0.341 e. The summed E-state index contributed by atoms with van der Waals surface area (Å²) >= 11 is 3.56.